The van der Waals surface area contributed by atoms with Gasteiger partial charge in [0.25, 0.3) is 5.91 Å². The molecule has 0 atom stereocenters. The number of carboxylic acids is 1. The molecule has 1 aliphatic heterocycles. The Labute approximate surface area is 237 Å². The van der Waals surface area contributed by atoms with Crippen LogP contribution in [0, 0.1) is 0 Å². The van der Waals surface area contributed by atoms with E-state index in [0.29, 0.717) is 33.9 Å². The van der Waals surface area contributed by atoms with E-state index in [1.807, 2.05) is 30.3 Å². The molecule has 9 heteroatoms. The van der Waals surface area contributed by atoms with E-state index in [4.69, 9.17) is 14.6 Å². The first-order valence-corrected chi connectivity index (χ1v) is 13.5. The number of carboxylic acid groups (broad SMARTS) is 1. The summed E-state index contributed by atoms with van der Waals surface area (Å²) >= 11 is 4.85. The molecule has 1 saturated heterocycles. The zero-order chi connectivity index (χ0) is 27.5. The van der Waals surface area contributed by atoms with Crippen molar-refractivity contribution in [3.8, 4) is 11.5 Å². The first-order valence-electron chi connectivity index (χ1n) is 11.9. The summed E-state index contributed by atoms with van der Waals surface area (Å²) in [5.74, 6) is -0.0761. The molecule has 1 N–H and O–H groups in total. The van der Waals surface area contributed by atoms with Gasteiger partial charge < -0.3 is 14.6 Å². The number of carbonyl (C=O) groups is 2. The average molecular weight is 603 g/mol. The van der Waals surface area contributed by atoms with Crippen LogP contribution in [-0.2, 0) is 11.4 Å². The molecule has 0 aliphatic carbocycles. The molecule has 4 aromatic carbocycles. The maximum Gasteiger partial charge on any atom is 0.335 e. The molecule has 1 aliphatic rings. The standard InChI is InChI=1S/C30H23BrN2O5S/c1-33-28(34)27(39-30(33)32-23-11-9-20(10-12-23)29(35)36)15-22-14-25(37-2)26(16-24(22)31)38-17-18-7-8-19-5-3-4-6-21(19)13-18/h3-16H,17H2,1-2H3,(H,35,36)/b27-15-,32-30?. The molecular weight excluding hydrogens is 580 g/mol. The Kier molecular flexibility index (Phi) is 7.72. The molecule has 0 radical (unpaired) electrons. The van der Waals surface area contributed by atoms with Crippen molar-refractivity contribution in [2.75, 3.05) is 14.2 Å². The molecule has 196 valence electrons. The molecule has 0 aromatic heterocycles. The maximum absolute atomic E-state index is 12.9. The lowest BCUT2D eigenvalue weighted by Gasteiger charge is -2.13. The third-order valence-electron chi connectivity index (χ3n) is 6.12. The van der Waals surface area contributed by atoms with Crippen molar-refractivity contribution in [1.29, 1.82) is 0 Å². The molecule has 0 unspecified atom stereocenters. The van der Waals surface area contributed by atoms with Crippen LogP contribution in [0.2, 0.25) is 0 Å². The number of rotatable bonds is 7. The van der Waals surface area contributed by atoms with Crippen LogP contribution >= 0.6 is 27.7 Å². The Hall–Kier alpha value is -4.08. The Bertz CT molecular complexity index is 1650. The second kappa shape index (κ2) is 11.3. The second-order valence-electron chi connectivity index (χ2n) is 8.72. The summed E-state index contributed by atoms with van der Waals surface area (Å²) in [4.78, 5) is 30.5. The summed E-state index contributed by atoms with van der Waals surface area (Å²) in [6.45, 7) is 0.375. The highest BCUT2D eigenvalue weighted by atomic mass is 79.9. The minimum Gasteiger partial charge on any atom is -0.493 e. The largest absolute Gasteiger partial charge is 0.493 e. The molecule has 0 bridgehead atoms. The van der Waals surface area contributed by atoms with Crippen LogP contribution in [0.25, 0.3) is 16.8 Å². The molecule has 1 fully saturated rings. The van der Waals surface area contributed by atoms with E-state index in [2.05, 4.69) is 45.2 Å². The van der Waals surface area contributed by atoms with E-state index in [1.165, 1.54) is 34.2 Å². The predicted octanol–water partition coefficient (Wildman–Crippen LogP) is 7.12. The summed E-state index contributed by atoms with van der Waals surface area (Å²) in [6.07, 6.45) is 1.78. The fraction of sp³-hybridized carbons (Fsp3) is 0.100. The zero-order valence-electron chi connectivity index (χ0n) is 21.1. The van der Waals surface area contributed by atoms with Gasteiger partial charge >= 0.3 is 5.97 Å². The van der Waals surface area contributed by atoms with Crippen LogP contribution < -0.4 is 9.47 Å². The third-order valence-corrected chi connectivity index (χ3v) is 7.87. The van der Waals surface area contributed by atoms with E-state index in [-0.39, 0.29) is 11.5 Å². The number of aromatic carboxylic acids is 1. The van der Waals surface area contributed by atoms with Gasteiger partial charge in [0.2, 0.25) is 0 Å². The number of carbonyl (C=O) groups excluding carboxylic acids is 1. The molecule has 1 amide bonds. The molecule has 4 aromatic rings. The number of amides is 1. The SMILES string of the molecule is COc1cc(/C=C2\SC(=Nc3ccc(C(=O)O)cc3)N(C)C2=O)c(Br)cc1OCc1ccc2ccccc2c1. The monoisotopic (exact) mass is 602 g/mol. The van der Waals surface area contributed by atoms with Gasteiger partial charge in [-0.3, -0.25) is 9.69 Å². The summed E-state index contributed by atoms with van der Waals surface area (Å²) in [5.41, 5.74) is 2.52. The fourth-order valence-corrected chi connectivity index (χ4v) is 5.42. The highest BCUT2D eigenvalue weighted by Gasteiger charge is 2.30. The third kappa shape index (κ3) is 5.84. The lowest BCUT2D eigenvalue weighted by Crippen LogP contribution is -2.23. The number of halogens is 1. The summed E-state index contributed by atoms with van der Waals surface area (Å²) in [6, 6.07) is 24.2. The highest BCUT2D eigenvalue weighted by molar-refractivity contribution is 9.10. The van der Waals surface area contributed by atoms with Gasteiger partial charge in [-0.25, -0.2) is 9.79 Å². The average Bonchev–Trinajstić information content (AvgIpc) is 3.20. The van der Waals surface area contributed by atoms with Gasteiger partial charge in [0.1, 0.15) is 6.61 Å². The number of aliphatic imine (C=N–C) groups is 1. The van der Waals surface area contributed by atoms with Gasteiger partial charge in [0.15, 0.2) is 16.7 Å². The van der Waals surface area contributed by atoms with Gasteiger partial charge in [-0.2, -0.15) is 0 Å². The van der Waals surface area contributed by atoms with Gasteiger partial charge in [-0.05, 0) is 82.2 Å². The number of methoxy groups -OCH3 is 1. The van der Waals surface area contributed by atoms with E-state index in [0.717, 1.165) is 21.0 Å². The summed E-state index contributed by atoms with van der Waals surface area (Å²) in [5, 5.41) is 11.9. The lowest BCUT2D eigenvalue weighted by atomic mass is 10.1. The van der Waals surface area contributed by atoms with E-state index in [9.17, 15) is 9.59 Å². The first-order chi connectivity index (χ1) is 18.8. The van der Waals surface area contributed by atoms with Gasteiger partial charge in [-0.15, -0.1) is 0 Å². The van der Waals surface area contributed by atoms with Crippen molar-refractivity contribution in [1.82, 2.24) is 4.90 Å². The van der Waals surface area contributed by atoms with Crippen LogP contribution in [0.1, 0.15) is 21.5 Å². The smallest absolute Gasteiger partial charge is 0.335 e. The Balaban J connectivity index is 1.35. The topological polar surface area (TPSA) is 88.4 Å². The van der Waals surface area contributed by atoms with E-state index < -0.39 is 5.97 Å². The number of thioether (sulfide) groups is 1. The molecule has 0 spiro atoms. The van der Waals surface area contributed by atoms with E-state index >= 15 is 0 Å². The van der Waals surface area contributed by atoms with Crippen LogP contribution in [0.15, 0.2) is 93.2 Å². The van der Waals surface area contributed by atoms with Crippen molar-refractivity contribution in [2.45, 2.75) is 6.61 Å². The van der Waals surface area contributed by atoms with Crippen LogP contribution in [-0.4, -0.2) is 41.2 Å². The van der Waals surface area contributed by atoms with Crippen molar-refractivity contribution >= 4 is 67.3 Å². The maximum atomic E-state index is 12.9. The molecule has 7 nitrogen and oxygen atoms in total. The molecule has 39 heavy (non-hydrogen) atoms. The quantitative estimate of drug-likeness (QED) is 0.226. The summed E-state index contributed by atoms with van der Waals surface area (Å²) < 4.78 is 12.4. The number of likely N-dealkylation sites (N-methyl/N-ethyl adjacent to an activating group) is 1. The Morgan fingerprint density at radius 3 is 2.49 bits per heavy atom. The fourth-order valence-electron chi connectivity index (χ4n) is 4.01. The number of amidine groups is 1. The van der Waals surface area contributed by atoms with Crippen molar-refractivity contribution in [3.63, 3.8) is 0 Å². The highest BCUT2D eigenvalue weighted by Crippen LogP contribution is 2.38. The molecule has 5 rings (SSSR count). The number of hydrogen-bond donors (Lipinski definition) is 1. The number of hydrogen-bond acceptors (Lipinski definition) is 6. The van der Waals surface area contributed by atoms with Crippen molar-refractivity contribution < 1.29 is 24.2 Å². The van der Waals surface area contributed by atoms with Crippen LogP contribution in [0.5, 0.6) is 11.5 Å². The van der Waals surface area contributed by atoms with Gasteiger partial charge in [0.05, 0.1) is 23.3 Å². The minimum atomic E-state index is -1.01. The van der Waals surface area contributed by atoms with Crippen molar-refractivity contribution in [2.24, 2.45) is 4.99 Å². The van der Waals surface area contributed by atoms with E-state index in [1.54, 1.807) is 32.4 Å². The number of nitrogens with zero attached hydrogens (tertiary/aromatic N) is 2. The first kappa shape index (κ1) is 26.5. The van der Waals surface area contributed by atoms with Gasteiger partial charge in [-0.1, -0.05) is 52.3 Å². The Morgan fingerprint density at radius 1 is 1.03 bits per heavy atom. The minimum absolute atomic E-state index is 0.173. The number of ether oxygens (including phenoxy) is 2. The lowest BCUT2D eigenvalue weighted by molar-refractivity contribution is -0.121. The summed E-state index contributed by atoms with van der Waals surface area (Å²) in [7, 11) is 3.23. The van der Waals surface area contributed by atoms with Crippen LogP contribution in [0.4, 0.5) is 5.69 Å². The molecule has 1 heterocycles. The van der Waals surface area contributed by atoms with Crippen LogP contribution in [0.3, 0.4) is 0 Å². The Morgan fingerprint density at radius 2 is 1.77 bits per heavy atom. The second-order valence-corrected chi connectivity index (χ2v) is 10.6. The van der Waals surface area contributed by atoms with Crippen molar-refractivity contribution in [3.05, 3.63) is 105 Å². The zero-order valence-corrected chi connectivity index (χ0v) is 23.5. The normalized spacial score (nSPS) is 15.4. The predicted molar refractivity (Wildman–Crippen MR) is 158 cm³/mol. The number of benzene rings is 4. The number of fused-ring (bicyclic) bond motifs is 1. The molecule has 0 saturated carbocycles. The molecular formula is C30H23BrN2O5S. The van der Waals surface area contributed by atoms with Gasteiger partial charge in [0, 0.05) is 11.5 Å².